The van der Waals surface area contributed by atoms with E-state index in [0.717, 1.165) is 17.1 Å². The third-order valence-corrected chi connectivity index (χ3v) is 4.30. The van der Waals surface area contributed by atoms with Crippen LogP contribution in [0.3, 0.4) is 0 Å². The van der Waals surface area contributed by atoms with Crippen LogP contribution >= 0.6 is 23.6 Å². The minimum Gasteiger partial charge on any atom is -0.331 e. The van der Waals surface area contributed by atoms with E-state index in [0.29, 0.717) is 28.8 Å². The van der Waals surface area contributed by atoms with Crippen LogP contribution in [-0.4, -0.2) is 14.5 Å². The number of halogens is 3. The lowest BCUT2D eigenvalue weighted by molar-refractivity contribution is -0.137. The van der Waals surface area contributed by atoms with Crippen LogP contribution in [0, 0.1) is 4.77 Å². The van der Waals surface area contributed by atoms with Gasteiger partial charge in [-0.15, -0.1) is 11.3 Å². The smallest absolute Gasteiger partial charge is 0.331 e. The number of alkyl halides is 3. The van der Waals surface area contributed by atoms with E-state index < -0.39 is 11.7 Å². The maximum Gasteiger partial charge on any atom is 0.416 e. The Hall–Kier alpha value is -1.67. The van der Waals surface area contributed by atoms with Gasteiger partial charge in [-0.05, 0) is 30.4 Å². The van der Waals surface area contributed by atoms with Crippen molar-refractivity contribution in [3.63, 3.8) is 0 Å². The van der Waals surface area contributed by atoms with Gasteiger partial charge in [0.15, 0.2) is 4.77 Å². The second kappa shape index (κ2) is 5.27. The molecular formula is C13H10F3N3S2. The summed E-state index contributed by atoms with van der Waals surface area (Å²) in [5.41, 5.74) is 0.386. The van der Waals surface area contributed by atoms with Crippen LogP contribution in [0.1, 0.15) is 10.6 Å². The maximum absolute atomic E-state index is 12.7. The molecule has 0 spiro atoms. The summed E-state index contributed by atoms with van der Waals surface area (Å²) < 4.78 is 40.3. The predicted molar refractivity (Wildman–Crippen MR) is 77.9 cm³/mol. The highest BCUT2D eigenvalue weighted by atomic mass is 32.1. The lowest BCUT2D eigenvalue weighted by Crippen LogP contribution is -2.05. The first-order chi connectivity index (χ1) is 9.95. The van der Waals surface area contributed by atoms with E-state index in [4.69, 9.17) is 12.2 Å². The minimum absolute atomic E-state index is 0.397. The zero-order chi connectivity index (χ0) is 15.0. The Morgan fingerprint density at radius 3 is 2.81 bits per heavy atom. The molecule has 0 atom stereocenters. The molecule has 0 unspecified atom stereocenters. The zero-order valence-electron chi connectivity index (χ0n) is 10.6. The van der Waals surface area contributed by atoms with Crippen LogP contribution in [0.5, 0.6) is 0 Å². The highest BCUT2D eigenvalue weighted by Gasteiger charge is 2.30. The van der Waals surface area contributed by atoms with Gasteiger partial charge in [-0.3, -0.25) is 0 Å². The van der Waals surface area contributed by atoms with E-state index in [9.17, 15) is 13.2 Å². The number of hydrogen-bond donors (Lipinski definition) is 1. The average molecular weight is 329 g/mol. The van der Waals surface area contributed by atoms with E-state index in [2.05, 4.69) is 9.97 Å². The number of fused-ring (bicyclic) bond motifs is 1. The highest BCUT2D eigenvalue weighted by Crippen LogP contribution is 2.31. The summed E-state index contributed by atoms with van der Waals surface area (Å²) in [5, 5.41) is 2.86. The van der Waals surface area contributed by atoms with Gasteiger partial charge in [0.25, 0.3) is 0 Å². The second-order valence-electron chi connectivity index (χ2n) is 4.49. The van der Waals surface area contributed by atoms with Crippen LogP contribution in [-0.2, 0) is 19.1 Å². The van der Waals surface area contributed by atoms with Crippen molar-refractivity contribution < 1.29 is 13.2 Å². The first-order valence-corrected chi connectivity index (χ1v) is 7.42. The Bertz CT molecular complexity index is 815. The van der Waals surface area contributed by atoms with Crippen molar-refractivity contribution in [1.29, 1.82) is 0 Å². The van der Waals surface area contributed by atoms with Crippen molar-refractivity contribution >= 4 is 34.6 Å². The van der Waals surface area contributed by atoms with Crippen LogP contribution in [0.15, 0.2) is 29.8 Å². The first kappa shape index (κ1) is 14.3. The molecule has 2 aromatic heterocycles. The number of aromatic amines is 1. The molecule has 3 nitrogen and oxygen atoms in total. The van der Waals surface area contributed by atoms with E-state index in [1.54, 1.807) is 22.1 Å². The summed E-state index contributed by atoms with van der Waals surface area (Å²) in [5.74, 6) is 0. The fraction of sp³-hybridized carbons (Fsp3) is 0.231. The highest BCUT2D eigenvalue weighted by molar-refractivity contribution is 7.71. The number of aromatic nitrogens is 3. The molecule has 0 fully saturated rings. The molecular weight excluding hydrogens is 319 g/mol. The van der Waals surface area contributed by atoms with E-state index >= 15 is 0 Å². The molecule has 0 bridgehead atoms. The fourth-order valence-electron chi connectivity index (χ4n) is 2.15. The van der Waals surface area contributed by atoms with Crippen molar-refractivity contribution in [3.05, 3.63) is 45.1 Å². The van der Waals surface area contributed by atoms with Crippen molar-refractivity contribution in [3.8, 4) is 0 Å². The van der Waals surface area contributed by atoms with Crippen LogP contribution < -0.4 is 0 Å². The Morgan fingerprint density at radius 1 is 1.33 bits per heavy atom. The molecule has 0 aliphatic heterocycles. The monoisotopic (exact) mass is 329 g/mol. The number of benzene rings is 1. The van der Waals surface area contributed by atoms with Gasteiger partial charge in [-0.25, -0.2) is 4.98 Å². The van der Waals surface area contributed by atoms with Gasteiger partial charge < -0.3 is 9.55 Å². The lowest BCUT2D eigenvalue weighted by Gasteiger charge is -2.07. The van der Waals surface area contributed by atoms with Gasteiger partial charge in [0, 0.05) is 24.5 Å². The van der Waals surface area contributed by atoms with Crippen molar-refractivity contribution in [2.75, 3.05) is 0 Å². The topological polar surface area (TPSA) is 33.6 Å². The molecule has 3 aromatic rings. The van der Waals surface area contributed by atoms with Crippen LogP contribution in [0.4, 0.5) is 13.2 Å². The molecule has 3 rings (SSSR count). The van der Waals surface area contributed by atoms with Gasteiger partial charge in [-0.2, -0.15) is 13.2 Å². The third kappa shape index (κ3) is 2.86. The van der Waals surface area contributed by atoms with Gasteiger partial charge >= 0.3 is 6.18 Å². The number of imidazole rings is 1. The Balaban J connectivity index is 1.96. The Morgan fingerprint density at radius 2 is 2.14 bits per heavy atom. The molecule has 0 aliphatic rings. The van der Waals surface area contributed by atoms with Gasteiger partial charge in [-0.1, -0.05) is 0 Å². The summed E-state index contributed by atoms with van der Waals surface area (Å²) in [4.78, 5) is 7.01. The number of thiazole rings is 1. The van der Waals surface area contributed by atoms with Crippen LogP contribution in [0.2, 0.25) is 0 Å². The quantitative estimate of drug-likeness (QED) is 0.722. The summed E-state index contributed by atoms with van der Waals surface area (Å²) in [6, 6.07) is 3.61. The summed E-state index contributed by atoms with van der Waals surface area (Å²) in [6.45, 7) is 0.581. The molecule has 0 saturated heterocycles. The first-order valence-electron chi connectivity index (χ1n) is 6.13. The third-order valence-electron chi connectivity index (χ3n) is 3.13. The molecule has 1 N–H and O–H groups in total. The molecule has 0 saturated carbocycles. The fourth-order valence-corrected chi connectivity index (χ4v) is 3.06. The summed E-state index contributed by atoms with van der Waals surface area (Å²) in [6.07, 6.45) is -1.93. The molecule has 0 aliphatic carbocycles. The second-order valence-corrected chi connectivity index (χ2v) is 5.85. The van der Waals surface area contributed by atoms with E-state index in [-0.39, 0.29) is 0 Å². The Kier molecular flexibility index (Phi) is 3.58. The number of hydrogen-bond acceptors (Lipinski definition) is 3. The Labute approximate surface area is 127 Å². The van der Waals surface area contributed by atoms with Gasteiger partial charge in [0.05, 0.1) is 21.6 Å². The minimum atomic E-state index is -4.35. The van der Waals surface area contributed by atoms with E-state index in [1.807, 2.05) is 5.38 Å². The van der Waals surface area contributed by atoms with Gasteiger partial charge in [0.1, 0.15) is 0 Å². The standard InChI is InChI=1S/C13H10F3N3S2/c14-13(15,16)8-1-2-10-9(7-8)18-12(20)19(10)5-3-11-17-4-6-21-11/h1-2,4,6-7H,3,5H2,(H,18,20). The number of nitrogens with zero attached hydrogens (tertiary/aromatic N) is 2. The number of rotatable bonds is 3. The summed E-state index contributed by atoms with van der Waals surface area (Å²) in [7, 11) is 0. The van der Waals surface area contributed by atoms with Crippen LogP contribution in [0.25, 0.3) is 11.0 Å². The number of aryl methyl sites for hydroxylation is 2. The molecule has 110 valence electrons. The molecule has 0 radical (unpaired) electrons. The average Bonchev–Trinajstić information content (AvgIpc) is 3.01. The summed E-state index contributed by atoms with van der Waals surface area (Å²) >= 11 is 6.74. The lowest BCUT2D eigenvalue weighted by atomic mass is 10.2. The maximum atomic E-state index is 12.7. The van der Waals surface area contributed by atoms with Gasteiger partial charge in [0.2, 0.25) is 0 Å². The normalized spacial score (nSPS) is 12.1. The number of nitrogens with one attached hydrogen (secondary N) is 1. The molecule has 2 heterocycles. The van der Waals surface area contributed by atoms with E-state index in [1.165, 1.54) is 6.07 Å². The molecule has 0 amide bonds. The molecule has 1 aromatic carbocycles. The number of H-pyrrole nitrogens is 1. The molecule has 21 heavy (non-hydrogen) atoms. The van der Waals surface area contributed by atoms with Crippen molar-refractivity contribution in [2.45, 2.75) is 19.1 Å². The molecule has 8 heteroatoms. The predicted octanol–water partition coefficient (Wildman–Crippen LogP) is 4.42. The zero-order valence-corrected chi connectivity index (χ0v) is 12.3. The van der Waals surface area contributed by atoms with Crippen molar-refractivity contribution in [1.82, 2.24) is 14.5 Å². The SMILES string of the molecule is FC(F)(F)c1ccc2c(c1)[nH]c(=S)n2CCc1nccs1. The largest absolute Gasteiger partial charge is 0.416 e. The van der Waals surface area contributed by atoms with Crippen molar-refractivity contribution in [2.24, 2.45) is 0 Å².